The SMILES string of the molecule is CNC(=O)c1ccc(CNC(=O)CCc2ncc(-c3ccccc3)o2)cc1. The minimum absolute atomic E-state index is 0.0789. The number of nitrogens with one attached hydrogen (secondary N) is 2. The van der Waals surface area contributed by atoms with Crippen LogP contribution in [-0.2, 0) is 17.8 Å². The molecular formula is C21H21N3O3. The maximum Gasteiger partial charge on any atom is 0.251 e. The Hall–Kier alpha value is -3.41. The fourth-order valence-electron chi connectivity index (χ4n) is 2.59. The molecule has 0 spiro atoms. The number of carbonyl (C=O) groups excluding carboxylic acids is 2. The molecular weight excluding hydrogens is 342 g/mol. The van der Waals surface area contributed by atoms with Crippen molar-refractivity contribution in [1.82, 2.24) is 15.6 Å². The lowest BCUT2D eigenvalue weighted by Crippen LogP contribution is -2.23. The Morgan fingerprint density at radius 3 is 2.48 bits per heavy atom. The largest absolute Gasteiger partial charge is 0.441 e. The maximum atomic E-state index is 12.0. The third kappa shape index (κ3) is 5.04. The lowest BCUT2D eigenvalue weighted by Gasteiger charge is -2.06. The minimum atomic E-state index is -0.133. The lowest BCUT2D eigenvalue weighted by atomic mass is 10.1. The number of hydrogen-bond donors (Lipinski definition) is 2. The highest BCUT2D eigenvalue weighted by atomic mass is 16.4. The molecule has 0 fully saturated rings. The normalized spacial score (nSPS) is 10.4. The van der Waals surface area contributed by atoms with Crippen molar-refractivity contribution in [2.24, 2.45) is 0 Å². The highest BCUT2D eigenvalue weighted by Crippen LogP contribution is 2.20. The Morgan fingerprint density at radius 1 is 1.04 bits per heavy atom. The first-order valence-corrected chi connectivity index (χ1v) is 8.73. The Labute approximate surface area is 157 Å². The molecule has 0 saturated heterocycles. The van der Waals surface area contributed by atoms with E-state index in [4.69, 9.17) is 4.42 Å². The van der Waals surface area contributed by atoms with Crippen molar-refractivity contribution in [3.63, 3.8) is 0 Å². The zero-order chi connectivity index (χ0) is 19.1. The monoisotopic (exact) mass is 363 g/mol. The number of amides is 2. The third-order valence-electron chi connectivity index (χ3n) is 4.11. The van der Waals surface area contributed by atoms with E-state index in [2.05, 4.69) is 15.6 Å². The van der Waals surface area contributed by atoms with Crippen LogP contribution in [0.3, 0.4) is 0 Å². The molecule has 2 aromatic carbocycles. The van der Waals surface area contributed by atoms with Gasteiger partial charge in [-0.25, -0.2) is 4.98 Å². The van der Waals surface area contributed by atoms with E-state index in [-0.39, 0.29) is 11.8 Å². The number of oxazole rings is 1. The van der Waals surface area contributed by atoms with Gasteiger partial charge in [0.1, 0.15) is 0 Å². The van der Waals surface area contributed by atoms with Gasteiger partial charge in [-0.2, -0.15) is 0 Å². The van der Waals surface area contributed by atoms with E-state index >= 15 is 0 Å². The molecule has 138 valence electrons. The number of benzene rings is 2. The summed E-state index contributed by atoms with van der Waals surface area (Å²) >= 11 is 0. The summed E-state index contributed by atoms with van der Waals surface area (Å²) in [6.07, 6.45) is 2.41. The number of carbonyl (C=O) groups is 2. The molecule has 0 saturated carbocycles. The van der Waals surface area contributed by atoms with Gasteiger partial charge in [-0.15, -0.1) is 0 Å². The van der Waals surface area contributed by atoms with E-state index in [1.54, 1.807) is 25.4 Å². The second-order valence-electron chi connectivity index (χ2n) is 6.04. The van der Waals surface area contributed by atoms with Crippen LogP contribution in [0.25, 0.3) is 11.3 Å². The molecule has 1 aromatic heterocycles. The predicted molar refractivity (Wildman–Crippen MR) is 102 cm³/mol. The van der Waals surface area contributed by atoms with Gasteiger partial charge in [-0.05, 0) is 17.7 Å². The Morgan fingerprint density at radius 2 is 1.78 bits per heavy atom. The first kappa shape index (κ1) is 18.4. The molecule has 6 heteroatoms. The number of rotatable bonds is 7. The molecule has 27 heavy (non-hydrogen) atoms. The fraction of sp³-hybridized carbons (Fsp3) is 0.190. The van der Waals surface area contributed by atoms with Crippen molar-refractivity contribution < 1.29 is 14.0 Å². The number of hydrogen-bond acceptors (Lipinski definition) is 4. The van der Waals surface area contributed by atoms with Crippen molar-refractivity contribution in [2.45, 2.75) is 19.4 Å². The number of aromatic nitrogens is 1. The lowest BCUT2D eigenvalue weighted by molar-refractivity contribution is -0.121. The molecule has 1 heterocycles. The van der Waals surface area contributed by atoms with Crippen molar-refractivity contribution >= 4 is 11.8 Å². The van der Waals surface area contributed by atoms with Gasteiger partial charge in [0.05, 0.1) is 6.20 Å². The second-order valence-corrected chi connectivity index (χ2v) is 6.04. The van der Waals surface area contributed by atoms with Gasteiger partial charge in [0.2, 0.25) is 5.91 Å². The Kier molecular flexibility index (Phi) is 5.99. The van der Waals surface area contributed by atoms with E-state index in [1.165, 1.54) is 0 Å². The molecule has 2 amide bonds. The molecule has 0 atom stereocenters. The van der Waals surface area contributed by atoms with Gasteiger partial charge < -0.3 is 15.1 Å². The van der Waals surface area contributed by atoms with Gasteiger partial charge in [0, 0.05) is 37.6 Å². The summed E-state index contributed by atoms with van der Waals surface area (Å²) in [5.41, 5.74) is 2.48. The van der Waals surface area contributed by atoms with Gasteiger partial charge >= 0.3 is 0 Å². The highest BCUT2D eigenvalue weighted by Gasteiger charge is 2.09. The van der Waals surface area contributed by atoms with Gasteiger partial charge in [-0.3, -0.25) is 9.59 Å². The van der Waals surface area contributed by atoms with Crippen LogP contribution in [0.4, 0.5) is 0 Å². The van der Waals surface area contributed by atoms with E-state index in [9.17, 15) is 9.59 Å². The van der Waals surface area contributed by atoms with Gasteiger partial charge in [0.15, 0.2) is 11.7 Å². The van der Waals surface area contributed by atoms with Crippen LogP contribution in [-0.4, -0.2) is 23.8 Å². The van der Waals surface area contributed by atoms with Crippen LogP contribution in [0.5, 0.6) is 0 Å². The summed E-state index contributed by atoms with van der Waals surface area (Å²) in [7, 11) is 1.59. The summed E-state index contributed by atoms with van der Waals surface area (Å²) < 4.78 is 5.70. The summed E-state index contributed by atoms with van der Waals surface area (Å²) in [6.45, 7) is 0.410. The number of aryl methyl sites for hydroxylation is 1. The summed E-state index contributed by atoms with van der Waals surface area (Å²) in [5, 5.41) is 5.43. The third-order valence-corrected chi connectivity index (χ3v) is 4.11. The molecule has 0 aliphatic carbocycles. The number of nitrogens with zero attached hydrogens (tertiary/aromatic N) is 1. The van der Waals surface area contributed by atoms with Crippen LogP contribution >= 0.6 is 0 Å². The maximum absolute atomic E-state index is 12.0. The Balaban J connectivity index is 1.46. The summed E-state index contributed by atoms with van der Waals surface area (Å²) in [5.74, 6) is 1.03. The molecule has 3 aromatic rings. The Bertz CT molecular complexity index is 902. The van der Waals surface area contributed by atoms with Crippen LogP contribution < -0.4 is 10.6 Å². The molecule has 0 bridgehead atoms. The van der Waals surface area contributed by atoms with Crippen molar-refractivity contribution in [3.8, 4) is 11.3 Å². The van der Waals surface area contributed by atoms with Crippen LogP contribution in [0.2, 0.25) is 0 Å². The predicted octanol–water partition coefficient (Wildman–Crippen LogP) is 2.95. The van der Waals surface area contributed by atoms with Gasteiger partial charge in [0.25, 0.3) is 5.91 Å². The molecule has 6 nitrogen and oxygen atoms in total. The van der Waals surface area contributed by atoms with E-state index in [0.29, 0.717) is 36.6 Å². The van der Waals surface area contributed by atoms with E-state index in [0.717, 1.165) is 11.1 Å². The zero-order valence-electron chi connectivity index (χ0n) is 15.1. The second kappa shape index (κ2) is 8.80. The van der Waals surface area contributed by atoms with Crippen molar-refractivity contribution in [1.29, 1.82) is 0 Å². The molecule has 0 aliphatic rings. The molecule has 3 rings (SSSR count). The smallest absolute Gasteiger partial charge is 0.251 e. The molecule has 0 aliphatic heterocycles. The van der Waals surface area contributed by atoms with Crippen molar-refractivity contribution in [3.05, 3.63) is 77.8 Å². The van der Waals surface area contributed by atoms with E-state index < -0.39 is 0 Å². The summed E-state index contributed by atoms with van der Waals surface area (Å²) in [4.78, 5) is 27.8. The van der Waals surface area contributed by atoms with E-state index in [1.807, 2.05) is 42.5 Å². The zero-order valence-corrected chi connectivity index (χ0v) is 15.1. The topological polar surface area (TPSA) is 84.2 Å². The van der Waals surface area contributed by atoms with Crippen LogP contribution in [0.15, 0.2) is 65.2 Å². The molecule has 0 unspecified atom stereocenters. The fourth-order valence-corrected chi connectivity index (χ4v) is 2.59. The first-order chi connectivity index (χ1) is 13.2. The van der Waals surface area contributed by atoms with Crippen LogP contribution in [0.1, 0.15) is 28.2 Å². The summed E-state index contributed by atoms with van der Waals surface area (Å²) in [6, 6.07) is 16.8. The molecule has 0 radical (unpaired) electrons. The van der Waals surface area contributed by atoms with Crippen LogP contribution in [0, 0.1) is 0 Å². The van der Waals surface area contributed by atoms with Crippen molar-refractivity contribution in [2.75, 3.05) is 7.05 Å². The van der Waals surface area contributed by atoms with Gasteiger partial charge in [-0.1, -0.05) is 42.5 Å². The minimum Gasteiger partial charge on any atom is -0.441 e. The molecule has 2 N–H and O–H groups in total. The average molecular weight is 363 g/mol. The average Bonchev–Trinajstić information content (AvgIpc) is 3.20. The first-order valence-electron chi connectivity index (χ1n) is 8.73. The standard InChI is InChI=1S/C21H21N3O3/c1-22-21(26)17-9-7-15(8-10-17)13-23-19(25)11-12-20-24-14-18(27-20)16-5-3-2-4-6-16/h2-10,14H,11-13H2,1H3,(H,22,26)(H,23,25). The quantitative estimate of drug-likeness (QED) is 0.676. The highest BCUT2D eigenvalue weighted by molar-refractivity contribution is 5.93.